The van der Waals surface area contributed by atoms with E-state index in [1.54, 1.807) is 19.5 Å². The number of nitrogens with zero attached hydrogens (tertiary/aromatic N) is 6. The molecule has 0 N–H and O–H groups in total. The minimum atomic E-state index is 0.487. The van der Waals surface area contributed by atoms with Crippen LogP contribution in [0.2, 0.25) is 0 Å². The van der Waals surface area contributed by atoms with E-state index in [4.69, 9.17) is 14.6 Å². The van der Waals surface area contributed by atoms with E-state index in [0.29, 0.717) is 24.9 Å². The number of methoxy groups -OCH3 is 1. The fraction of sp³-hybridized carbons (Fsp3) is 0.217. The Labute approximate surface area is 179 Å². The van der Waals surface area contributed by atoms with Crippen LogP contribution in [0.1, 0.15) is 6.92 Å². The second-order valence-corrected chi connectivity index (χ2v) is 7.05. The number of aromatic nitrogens is 6. The zero-order valence-corrected chi connectivity index (χ0v) is 17.4. The monoisotopic (exact) mass is 414 g/mol. The summed E-state index contributed by atoms with van der Waals surface area (Å²) < 4.78 is 15.2. The molecule has 8 nitrogen and oxygen atoms in total. The molecule has 4 aromatic heterocycles. The molecule has 0 spiro atoms. The lowest BCUT2D eigenvalue weighted by Crippen LogP contribution is -2.06. The molecule has 0 atom stereocenters. The number of ether oxygens (including phenoxy) is 2. The zero-order chi connectivity index (χ0) is 21.2. The van der Waals surface area contributed by atoms with Crippen LogP contribution in [0.4, 0.5) is 0 Å². The standard InChI is InChI=1S/C23H22N6O2/c1-3-29-19-7-5-12-24-21(19)20(27-29)16-8-10-17(11-9-16)31-23-26-18-6-4-13-25-22(18)28(23)14-15-30-2/h4-13H,3,14-15H2,1-2H3. The van der Waals surface area contributed by atoms with Gasteiger partial charge in [0.2, 0.25) is 0 Å². The molecule has 156 valence electrons. The van der Waals surface area contributed by atoms with Gasteiger partial charge < -0.3 is 9.47 Å². The van der Waals surface area contributed by atoms with E-state index >= 15 is 0 Å². The van der Waals surface area contributed by atoms with E-state index in [9.17, 15) is 0 Å². The Hall–Kier alpha value is -3.78. The van der Waals surface area contributed by atoms with Gasteiger partial charge in [-0.1, -0.05) is 0 Å². The second kappa shape index (κ2) is 8.16. The van der Waals surface area contributed by atoms with Crippen molar-refractivity contribution in [3.05, 3.63) is 60.9 Å². The van der Waals surface area contributed by atoms with Gasteiger partial charge in [0, 0.05) is 31.6 Å². The van der Waals surface area contributed by atoms with Gasteiger partial charge in [-0.2, -0.15) is 10.1 Å². The molecule has 0 aliphatic rings. The van der Waals surface area contributed by atoms with E-state index < -0.39 is 0 Å². The van der Waals surface area contributed by atoms with E-state index in [2.05, 4.69) is 21.9 Å². The maximum absolute atomic E-state index is 6.11. The summed E-state index contributed by atoms with van der Waals surface area (Å²) >= 11 is 0. The number of pyridine rings is 2. The largest absolute Gasteiger partial charge is 0.425 e. The highest BCUT2D eigenvalue weighted by atomic mass is 16.5. The SMILES string of the molecule is CCn1nc(-c2ccc(Oc3nc4cccnc4n3CCOC)cc2)c2ncccc21. The van der Waals surface area contributed by atoms with Crippen molar-refractivity contribution < 1.29 is 9.47 Å². The molecule has 0 saturated carbocycles. The van der Waals surface area contributed by atoms with Crippen LogP contribution in [0, 0.1) is 0 Å². The van der Waals surface area contributed by atoms with Gasteiger partial charge in [-0.3, -0.25) is 14.2 Å². The minimum absolute atomic E-state index is 0.487. The van der Waals surface area contributed by atoms with Gasteiger partial charge in [0.15, 0.2) is 5.65 Å². The highest BCUT2D eigenvalue weighted by Gasteiger charge is 2.15. The van der Waals surface area contributed by atoms with Crippen molar-refractivity contribution in [3.63, 3.8) is 0 Å². The van der Waals surface area contributed by atoms with Gasteiger partial charge in [-0.15, -0.1) is 0 Å². The molecule has 4 heterocycles. The van der Waals surface area contributed by atoms with Crippen molar-refractivity contribution in [1.29, 1.82) is 0 Å². The first kappa shape index (κ1) is 19.2. The van der Waals surface area contributed by atoms with Crippen molar-refractivity contribution in [2.45, 2.75) is 20.0 Å². The van der Waals surface area contributed by atoms with Gasteiger partial charge in [-0.05, 0) is 55.5 Å². The topological polar surface area (TPSA) is 79.9 Å². The Kier molecular flexibility index (Phi) is 5.05. The van der Waals surface area contributed by atoms with Crippen LogP contribution in [-0.2, 0) is 17.8 Å². The Morgan fingerprint density at radius 1 is 0.968 bits per heavy atom. The number of fused-ring (bicyclic) bond motifs is 2. The van der Waals surface area contributed by atoms with E-state index in [0.717, 1.165) is 40.0 Å². The Morgan fingerprint density at radius 2 is 1.77 bits per heavy atom. The van der Waals surface area contributed by atoms with E-state index in [1.165, 1.54) is 0 Å². The molecule has 0 radical (unpaired) electrons. The first-order chi connectivity index (χ1) is 15.3. The summed E-state index contributed by atoms with van der Waals surface area (Å²) in [6.45, 7) is 4.00. The summed E-state index contributed by atoms with van der Waals surface area (Å²) in [7, 11) is 1.67. The van der Waals surface area contributed by atoms with Crippen molar-refractivity contribution in [2.75, 3.05) is 13.7 Å². The van der Waals surface area contributed by atoms with Gasteiger partial charge in [-0.25, -0.2) is 4.98 Å². The molecule has 0 bridgehead atoms. The van der Waals surface area contributed by atoms with Gasteiger partial charge in [0.05, 0.1) is 18.7 Å². The molecule has 0 unspecified atom stereocenters. The summed E-state index contributed by atoms with van der Waals surface area (Å²) in [4.78, 5) is 13.6. The molecular formula is C23H22N6O2. The van der Waals surface area contributed by atoms with Crippen LogP contribution in [0.3, 0.4) is 0 Å². The van der Waals surface area contributed by atoms with Crippen molar-refractivity contribution >= 4 is 22.2 Å². The summed E-state index contributed by atoms with van der Waals surface area (Å²) in [5.74, 6) is 0.685. The molecule has 8 heteroatoms. The molecule has 5 rings (SSSR count). The van der Waals surface area contributed by atoms with Gasteiger partial charge in [0.25, 0.3) is 0 Å². The average Bonchev–Trinajstić information content (AvgIpc) is 3.36. The maximum atomic E-state index is 6.11. The Bertz CT molecular complexity index is 1340. The highest BCUT2D eigenvalue weighted by molar-refractivity contribution is 5.89. The number of benzene rings is 1. The molecule has 1 aromatic carbocycles. The van der Waals surface area contributed by atoms with E-state index in [1.807, 2.05) is 57.8 Å². The zero-order valence-electron chi connectivity index (χ0n) is 17.4. The van der Waals surface area contributed by atoms with Crippen LogP contribution in [0.15, 0.2) is 60.9 Å². The molecule has 0 aliphatic carbocycles. The molecule has 31 heavy (non-hydrogen) atoms. The molecule has 0 amide bonds. The third-order valence-corrected chi connectivity index (χ3v) is 5.13. The predicted molar refractivity (Wildman–Crippen MR) is 118 cm³/mol. The number of imidazole rings is 1. The highest BCUT2D eigenvalue weighted by Crippen LogP contribution is 2.30. The Morgan fingerprint density at radius 3 is 2.58 bits per heavy atom. The molecule has 0 fully saturated rings. The Balaban J connectivity index is 1.47. The second-order valence-electron chi connectivity index (χ2n) is 7.05. The van der Waals surface area contributed by atoms with Crippen molar-refractivity contribution in [1.82, 2.24) is 29.3 Å². The quantitative estimate of drug-likeness (QED) is 0.395. The summed E-state index contributed by atoms with van der Waals surface area (Å²) in [5.41, 5.74) is 5.32. The van der Waals surface area contributed by atoms with Gasteiger partial charge in [0.1, 0.15) is 22.5 Å². The lowest BCUT2D eigenvalue weighted by atomic mass is 10.1. The van der Waals surface area contributed by atoms with Crippen LogP contribution in [0.25, 0.3) is 33.5 Å². The third-order valence-electron chi connectivity index (χ3n) is 5.13. The lowest BCUT2D eigenvalue weighted by molar-refractivity contribution is 0.185. The average molecular weight is 414 g/mol. The first-order valence-corrected chi connectivity index (χ1v) is 10.2. The maximum Gasteiger partial charge on any atom is 0.304 e. The van der Waals surface area contributed by atoms with Crippen LogP contribution >= 0.6 is 0 Å². The van der Waals surface area contributed by atoms with Crippen molar-refractivity contribution in [3.8, 4) is 23.0 Å². The van der Waals surface area contributed by atoms with Crippen molar-refractivity contribution in [2.24, 2.45) is 0 Å². The van der Waals surface area contributed by atoms with Crippen LogP contribution in [0.5, 0.6) is 11.8 Å². The molecule has 0 aliphatic heterocycles. The lowest BCUT2D eigenvalue weighted by Gasteiger charge is -2.09. The summed E-state index contributed by atoms with van der Waals surface area (Å²) in [6.07, 6.45) is 3.54. The normalized spacial score (nSPS) is 11.4. The minimum Gasteiger partial charge on any atom is -0.425 e. The van der Waals surface area contributed by atoms with Crippen LogP contribution < -0.4 is 4.74 Å². The molecule has 0 saturated heterocycles. The summed E-state index contributed by atoms with van der Waals surface area (Å²) in [5, 5.41) is 4.74. The fourth-order valence-electron chi connectivity index (χ4n) is 3.63. The number of aryl methyl sites for hydroxylation is 1. The molecular weight excluding hydrogens is 392 g/mol. The third kappa shape index (κ3) is 3.51. The van der Waals surface area contributed by atoms with Gasteiger partial charge >= 0.3 is 6.01 Å². The first-order valence-electron chi connectivity index (χ1n) is 10.2. The predicted octanol–water partition coefficient (Wildman–Crippen LogP) is 4.30. The number of hydrogen-bond acceptors (Lipinski definition) is 6. The number of rotatable bonds is 7. The van der Waals surface area contributed by atoms with Crippen LogP contribution in [-0.4, -0.2) is 43.0 Å². The molecule has 5 aromatic rings. The smallest absolute Gasteiger partial charge is 0.304 e. The fourth-order valence-corrected chi connectivity index (χ4v) is 3.63. The number of hydrogen-bond donors (Lipinski definition) is 0. The summed E-state index contributed by atoms with van der Waals surface area (Å²) in [6, 6.07) is 16.1. The van der Waals surface area contributed by atoms with E-state index in [-0.39, 0.29) is 0 Å².